The first-order chi connectivity index (χ1) is 8.60. The van der Waals surface area contributed by atoms with Crippen molar-refractivity contribution in [1.82, 2.24) is 15.1 Å². The van der Waals surface area contributed by atoms with E-state index in [-0.39, 0.29) is 6.04 Å². The molecular weight excluding hydrogens is 222 g/mol. The van der Waals surface area contributed by atoms with Gasteiger partial charge in [-0.25, -0.2) is 0 Å². The summed E-state index contributed by atoms with van der Waals surface area (Å²) >= 11 is 0. The molecule has 1 unspecified atom stereocenters. The SMILES string of the molecule is CCNC(c1cc(C)cc(C)c1)c1ccn(C)n1. The summed E-state index contributed by atoms with van der Waals surface area (Å²) in [7, 11) is 1.95. The van der Waals surface area contributed by atoms with E-state index in [0.29, 0.717) is 0 Å². The minimum atomic E-state index is 0.176. The van der Waals surface area contributed by atoms with E-state index >= 15 is 0 Å². The molecule has 0 aliphatic carbocycles. The first kappa shape index (κ1) is 12.8. The summed E-state index contributed by atoms with van der Waals surface area (Å²) in [5.41, 5.74) is 4.95. The Morgan fingerprint density at radius 3 is 2.39 bits per heavy atom. The molecule has 0 bridgehead atoms. The number of aryl methyl sites for hydroxylation is 3. The zero-order valence-electron chi connectivity index (χ0n) is 11.6. The summed E-state index contributed by atoms with van der Waals surface area (Å²) in [5, 5.41) is 8.03. The second-order valence-corrected chi connectivity index (χ2v) is 4.83. The van der Waals surface area contributed by atoms with Crippen LogP contribution in [0.3, 0.4) is 0 Å². The summed E-state index contributed by atoms with van der Waals surface area (Å²) in [6, 6.07) is 8.91. The maximum atomic E-state index is 4.52. The van der Waals surface area contributed by atoms with E-state index in [9.17, 15) is 0 Å². The third-order valence-corrected chi connectivity index (χ3v) is 3.02. The Kier molecular flexibility index (Phi) is 3.82. The van der Waals surface area contributed by atoms with E-state index in [0.717, 1.165) is 12.2 Å². The van der Waals surface area contributed by atoms with Gasteiger partial charge >= 0.3 is 0 Å². The lowest BCUT2D eigenvalue weighted by Crippen LogP contribution is -2.22. The van der Waals surface area contributed by atoms with Gasteiger partial charge in [0.25, 0.3) is 0 Å². The van der Waals surface area contributed by atoms with Gasteiger partial charge in [0.1, 0.15) is 0 Å². The highest BCUT2D eigenvalue weighted by Gasteiger charge is 2.15. The molecule has 18 heavy (non-hydrogen) atoms. The zero-order chi connectivity index (χ0) is 13.1. The van der Waals surface area contributed by atoms with Crippen LogP contribution < -0.4 is 5.32 Å². The molecule has 2 rings (SSSR count). The van der Waals surface area contributed by atoms with E-state index in [1.54, 1.807) is 0 Å². The van der Waals surface area contributed by atoms with Gasteiger partial charge in [0.05, 0.1) is 11.7 Å². The average molecular weight is 243 g/mol. The molecule has 2 aromatic rings. The standard InChI is InChI=1S/C15H21N3/c1-5-16-15(14-6-7-18(4)17-14)13-9-11(2)8-12(3)10-13/h6-10,15-16H,5H2,1-4H3. The van der Waals surface area contributed by atoms with Crippen molar-refractivity contribution in [1.29, 1.82) is 0 Å². The zero-order valence-corrected chi connectivity index (χ0v) is 11.6. The van der Waals surface area contributed by atoms with Crippen LogP contribution in [-0.2, 0) is 7.05 Å². The summed E-state index contributed by atoms with van der Waals surface area (Å²) in [5.74, 6) is 0. The molecule has 3 nitrogen and oxygen atoms in total. The fourth-order valence-corrected chi connectivity index (χ4v) is 2.36. The van der Waals surface area contributed by atoms with Gasteiger partial charge in [-0.15, -0.1) is 0 Å². The minimum absolute atomic E-state index is 0.176. The highest BCUT2D eigenvalue weighted by atomic mass is 15.3. The highest BCUT2D eigenvalue weighted by Crippen LogP contribution is 2.22. The molecule has 0 spiro atoms. The molecule has 1 aromatic carbocycles. The van der Waals surface area contributed by atoms with E-state index in [1.807, 2.05) is 17.9 Å². The molecule has 1 atom stereocenters. The Labute approximate surface area is 109 Å². The maximum absolute atomic E-state index is 4.52. The number of aromatic nitrogens is 2. The van der Waals surface area contributed by atoms with Crippen molar-refractivity contribution in [2.75, 3.05) is 6.54 Å². The van der Waals surface area contributed by atoms with Gasteiger partial charge in [0.15, 0.2) is 0 Å². The van der Waals surface area contributed by atoms with Gasteiger partial charge in [-0.2, -0.15) is 5.10 Å². The molecule has 0 amide bonds. The second kappa shape index (κ2) is 5.36. The number of nitrogens with zero attached hydrogens (tertiary/aromatic N) is 2. The quantitative estimate of drug-likeness (QED) is 0.895. The molecule has 0 saturated heterocycles. The first-order valence-corrected chi connectivity index (χ1v) is 6.41. The molecule has 1 N–H and O–H groups in total. The fraction of sp³-hybridized carbons (Fsp3) is 0.400. The molecule has 0 saturated carbocycles. The summed E-state index contributed by atoms with van der Waals surface area (Å²) in [4.78, 5) is 0. The number of nitrogens with one attached hydrogen (secondary N) is 1. The van der Waals surface area contributed by atoms with Gasteiger partial charge in [-0.05, 0) is 32.0 Å². The van der Waals surface area contributed by atoms with Crippen LogP contribution in [0.1, 0.15) is 35.3 Å². The lowest BCUT2D eigenvalue weighted by molar-refractivity contribution is 0.599. The van der Waals surface area contributed by atoms with Crippen LogP contribution in [0.15, 0.2) is 30.5 Å². The van der Waals surface area contributed by atoms with Crippen molar-refractivity contribution in [3.63, 3.8) is 0 Å². The maximum Gasteiger partial charge on any atom is 0.0839 e. The van der Waals surface area contributed by atoms with Crippen LogP contribution in [0.2, 0.25) is 0 Å². The molecular formula is C15H21N3. The Hall–Kier alpha value is -1.61. The van der Waals surface area contributed by atoms with Gasteiger partial charge in [-0.3, -0.25) is 4.68 Å². The third-order valence-electron chi connectivity index (χ3n) is 3.02. The Bertz CT molecular complexity index is 508. The minimum Gasteiger partial charge on any atom is -0.305 e. The lowest BCUT2D eigenvalue weighted by Gasteiger charge is -2.17. The number of benzene rings is 1. The number of hydrogen-bond donors (Lipinski definition) is 1. The molecule has 0 radical (unpaired) electrons. The Morgan fingerprint density at radius 1 is 1.22 bits per heavy atom. The summed E-state index contributed by atoms with van der Waals surface area (Å²) < 4.78 is 1.85. The number of rotatable bonds is 4. The molecule has 96 valence electrons. The van der Waals surface area contributed by atoms with Gasteiger partial charge in [0.2, 0.25) is 0 Å². The summed E-state index contributed by atoms with van der Waals surface area (Å²) in [6.07, 6.45) is 1.99. The lowest BCUT2D eigenvalue weighted by atomic mass is 9.99. The predicted molar refractivity (Wildman–Crippen MR) is 74.6 cm³/mol. The molecule has 1 heterocycles. The topological polar surface area (TPSA) is 29.9 Å². The first-order valence-electron chi connectivity index (χ1n) is 6.41. The van der Waals surface area contributed by atoms with Crippen LogP contribution in [0.5, 0.6) is 0 Å². The Morgan fingerprint density at radius 2 is 1.89 bits per heavy atom. The monoisotopic (exact) mass is 243 g/mol. The van der Waals surface area contributed by atoms with Crippen molar-refractivity contribution in [2.24, 2.45) is 7.05 Å². The molecule has 0 aliphatic rings. The molecule has 0 fully saturated rings. The Balaban J connectivity index is 2.40. The third kappa shape index (κ3) is 2.79. The van der Waals surface area contributed by atoms with Gasteiger partial charge in [0, 0.05) is 13.2 Å². The molecule has 3 heteroatoms. The average Bonchev–Trinajstić information content (AvgIpc) is 2.71. The van der Waals surface area contributed by atoms with Gasteiger partial charge in [-0.1, -0.05) is 36.2 Å². The largest absolute Gasteiger partial charge is 0.305 e. The summed E-state index contributed by atoms with van der Waals surface area (Å²) in [6.45, 7) is 7.32. The van der Waals surface area contributed by atoms with E-state index < -0.39 is 0 Å². The van der Waals surface area contributed by atoms with E-state index in [4.69, 9.17) is 0 Å². The smallest absolute Gasteiger partial charge is 0.0839 e. The molecule has 1 aromatic heterocycles. The predicted octanol–water partition coefficient (Wildman–Crippen LogP) is 2.74. The van der Waals surface area contributed by atoms with Crippen LogP contribution in [0.4, 0.5) is 0 Å². The van der Waals surface area contributed by atoms with Crippen LogP contribution in [-0.4, -0.2) is 16.3 Å². The van der Waals surface area contributed by atoms with Crippen molar-refractivity contribution >= 4 is 0 Å². The van der Waals surface area contributed by atoms with Gasteiger partial charge < -0.3 is 5.32 Å². The van der Waals surface area contributed by atoms with Crippen LogP contribution >= 0.6 is 0 Å². The van der Waals surface area contributed by atoms with Crippen molar-refractivity contribution in [3.05, 3.63) is 52.8 Å². The van der Waals surface area contributed by atoms with Crippen molar-refractivity contribution in [2.45, 2.75) is 26.8 Å². The van der Waals surface area contributed by atoms with Crippen molar-refractivity contribution < 1.29 is 0 Å². The van der Waals surface area contributed by atoms with E-state index in [1.165, 1.54) is 16.7 Å². The normalized spacial score (nSPS) is 12.7. The molecule has 0 aliphatic heterocycles. The van der Waals surface area contributed by atoms with Crippen LogP contribution in [0.25, 0.3) is 0 Å². The van der Waals surface area contributed by atoms with E-state index in [2.05, 4.69) is 55.5 Å². The van der Waals surface area contributed by atoms with Crippen LogP contribution in [0, 0.1) is 13.8 Å². The number of hydrogen-bond acceptors (Lipinski definition) is 2. The second-order valence-electron chi connectivity index (χ2n) is 4.83. The highest BCUT2D eigenvalue weighted by molar-refractivity contribution is 5.34. The van der Waals surface area contributed by atoms with Crippen molar-refractivity contribution in [3.8, 4) is 0 Å². The fourth-order valence-electron chi connectivity index (χ4n) is 2.36.